The summed E-state index contributed by atoms with van der Waals surface area (Å²) in [4.78, 5) is 0. The first kappa shape index (κ1) is 20.5. The van der Waals surface area contributed by atoms with Crippen LogP contribution in [0.5, 0.6) is 11.5 Å². The highest BCUT2D eigenvalue weighted by Crippen LogP contribution is 2.42. The van der Waals surface area contributed by atoms with Crippen molar-refractivity contribution in [3.05, 3.63) is 71.0 Å². The van der Waals surface area contributed by atoms with Gasteiger partial charge in [0.15, 0.2) is 11.5 Å². The first-order chi connectivity index (χ1) is 14.4. The second-order valence-electron chi connectivity index (χ2n) is 8.93. The molecular weight excluding hydrogens is 374 g/mol. The van der Waals surface area contributed by atoms with Crippen LogP contribution in [0.25, 0.3) is 5.69 Å². The molecule has 30 heavy (non-hydrogen) atoms. The summed E-state index contributed by atoms with van der Waals surface area (Å²) in [5, 5.41) is 8.52. The van der Waals surface area contributed by atoms with Crippen molar-refractivity contribution in [1.29, 1.82) is 0 Å². The van der Waals surface area contributed by atoms with E-state index in [2.05, 4.69) is 61.1 Å². The Morgan fingerprint density at radius 3 is 2.57 bits per heavy atom. The van der Waals surface area contributed by atoms with E-state index in [0.717, 1.165) is 35.6 Å². The van der Waals surface area contributed by atoms with Gasteiger partial charge in [0.1, 0.15) is 0 Å². The van der Waals surface area contributed by atoms with Gasteiger partial charge < -0.3 is 14.8 Å². The van der Waals surface area contributed by atoms with Gasteiger partial charge in [-0.05, 0) is 43.4 Å². The highest BCUT2D eigenvalue weighted by atomic mass is 16.5. The molecule has 0 spiro atoms. The van der Waals surface area contributed by atoms with Gasteiger partial charge in [-0.15, -0.1) is 0 Å². The Morgan fingerprint density at radius 2 is 1.87 bits per heavy atom. The van der Waals surface area contributed by atoms with Crippen molar-refractivity contribution in [2.45, 2.75) is 46.2 Å². The second-order valence-corrected chi connectivity index (χ2v) is 8.93. The van der Waals surface area contributed by atoms with Crippen molar-refractivity contribution in [2.24, 2.45) is 5.41 Å². The van der Waals surface area contributed by atoms with Crippen LogP contribution in [-0.2, 0) is 13.0 Å². The van der Waals surface area contributed by atoms with Gasteiger partial charge in [0.25, 0.3) is 0 Å². The van der Waals surface area contributed by atoms with Crippen LogP contribution in [-0.4, -0.2) is 24.0 Å². The summed E-state index contributed by atoms with van der Waals surface area (Å²) in [5.41, 5.74) is 6.24. The largest absolute Gasteiger partial charge is 0.493 e. The molecule has 0 saturated heterocycles. The highest BCUT2D eigenvalue weighted by molar-refractivity contribution is 5.46. The number of aryl methyl sites for hydroxylation is 1. The van der Waals surface area contributed by atoms with E-state index < -0.39 is 0 Å². The van der Waals surface area contributed by atoms with Crippen LogP contribution in [0, 0.1) is 12.3 Å². The van der Waals surface area contributed by atoms with Gasteiger partial charge in [-0.3, -0.25) is 0 Å². The van der Waals surface area contributed by atoms with Crippen molar-refractivity contribution >= 4 is 0 Å². The molecule has 0 unspecified atom stereocenters. The first-order valence-electron chi connectivity index (χ1n) is 10.5. The van der Waals surface area contributed by atoms with E-state index in [0.29, 0.717) is 6.54 Å². The number of fused-ring (bicyclic) bond motifs is 1. The second kappa shape index (κ2) is 8.15. The quantitative estimate of drug-likeness (QED) is 0.627. The average molecular weight is 406 g/mol. The Balaban J connectivity index is 1.63. The molecule has 0 amide bonds. The maximum atomic E-state index is 5.61. The maximum absolute atomic E-state index is 5.61. The zero-order valence-corrected chi connectivity index (χ0v) is 18.5. The lowest BCUT2D eigenvalue weighted by molar-refractivity contribution is 0.252. The van der Waals surface area contributed by atoms with Crippen LogP contribution in [0.1, 0.15) is 48.7 Å². The van der Waals surface area contributed by atoms with Crippen LogP contribution in [0.3, 0.4) is 0 Å². The molecule has 1 heterocycles. The van der Waals surface area contributed by atoms with Gasteiger partial charge in [-0.25, -0.2) is 4.68 Å². The minimum absolute atomic E-state index is 0.186. The van der Waals surface area contributed by atoms with Crippen LogP contribution < -0.4 is 14.8 Å². The third-order valence-electron chi connectivity index (χ3n) is 5.98. The Labute approximate surface area is 179 Å². The van der Waals surface area contributed by atoms with Crippen molar-refractivity contribution in [2.75, 3.05) is 14.2 Å². The highest BCUT2D eigenvalue weighted by Gasteiger charge is 2.35. The lowest BCUT2D eigenvalue weighted by Gasteiger charge is -2.36. The number of hydrogen-bond acceptors (Lipinski definition) is 4. The fourth-order valence-electron chi connectivity index (χ4n) is 4.46. The Morgan fingerprint density at radius 1 is 1.10 bits per heavy atom. The standard InChI is InChI=1S/C25H31N3O2/c1-17-9-11-19(12-10-17)28-22-14-25(2,3)13-21(20(22)16-27-28)26-15-18-7-6-8-23(29-4)24(18)30-5/h6-12,16,21,26H,13-15H2,1-5H3/t21-/m1/s1. The minimum Gasteiger partial charge on any atom is -0.493 e. The fourth-order valence-corrected chi connectivity index (χ4v) is 4.46. The molecule has 5 nitrogen and oxygen atoms in total. The fraction of sp³-hybridized carbons (Fsp3) is 0.400. The number of ether oxygens (including phenoxy) is 2. The third kappa shape index (κ3) is 3.94. The Bertz CT molecular complexity index is 1020. The summed E-state index contributed by atoms with van der Waals surface area (Å²) in [6.07, 6.45) is 4.10. The molecule has 0 fully saturated rings. The lowest BCUT2D eigenvalue weighted by atomic mass is 9.74. The van der Waals surface area contributed by atoms with Crippen LogP contribution in [0.4, 0.5) is 0 Å². The molecule has 2 aromatic carbocycles. The maximum Gasteiger partial charge on any atom is 0.165 e. The first-order valence-corrected chi connectivity index (χ1v) is 10.5. The van der Waals surface area contributed by atoms with Gasteiger partial charge in [0, 0.05) is 29.4 Å². The number of hydrogen-bond donors (Lipinski definition) is 1. The van der Waals surface area contributed by atoms with Crippen LogP contribution in [0.15, 0.2) is 48.7 Å². The van der Waals surface area contributed by atoms with Crippen LogP contribution >= 0.6 is 0 Å². The molecule has 0 bridgehead atoms. The lowest BCUT2D eigenvalue weighted by Crippen LogP contribution is -2.33. The number of methoxy groups -OCH3 is 2. The van der Waals surface area contributed by atoms with Gasteiger partial charge >= 0.3 is 0 Å². The Hall–Kier alpha value is -2.79. The van der Waals surface area contributed by atoms with Crippen molar-refractivity contribution in [3.63, 3.8) is 0 Å². The van der Waals surface area contributed by atoms with E-state index in [1.54, 1.807) is 14.2 Å². The molecular formula is C25H31N3O2. The summed E-state index contributed by atoms with van der Waals surface area (Å²) in [6, 6.07) is 14.8. The molecule has 1 aromatic heterocycles. The van der Waals surface area contributed by atoms with E-state index in [1.165, 1.54) is 16.8 Å². The molecule has 1 aliphatic carbocycles. The summed E-state index contributed by atoms with van der Waals surface area (Å²) >= 11 is 0. The van der Waals surface area contributed by atoms with E-state index in [9.17, 15) is 0 Å². The van der Waals surface area contributed by atoms with Crippen molar-refractivity contribution in [3.8, 4) is 17.2 Å². The predicted molar refractivity (Wildman–Crippen MR) is 120 cm³/mol. The van der Waals surface area contributed by atoms with Crippen molar-refractivity contribution < 1.29 is 9.47 Å². The number of rotatable bonds is 6. The number of nitrogens with zero attached hydrogens (tertiary/aromatic N) is 2. The number of aromatic nitrogens is 2. The average Bonchev–Trinajstić information content (AvgIpc) is 3.14. The van der Waals surface area contributed by atoms with Gasteiger partial charge in [-0.2, -0.15) is 5.10 Å². The molecule has 3 aromatic rings. The normalized spacial score (nSPS) is 17.4. The van der Waals surface area contributed by atoms with Gasteiger partial charge in [0.2, 0.25) is 0 Å². The molecule has 4 rings (SSSR count). The summed E-state index contributed by atoms with van der Waals surface area (Å²) in [6.45, 7) is 7.49. The Kier molecular flexibility index (Phi) is 5.56. The van der Waals surface area contributed by atoms with Crippen molar-refractivity contribution in [1.82, 2.24) is 15.1 Å². The van der Waals surface area contributed by atoms with Gasteiger partial charge in [-0.1, -0.05) is 43.7 Å². The predicted octanol–water partition coefficient (Wildman–Crippen LogP) is 5.00. The van der Waals surface area contributed by atoms with E-state index >= 15 is 0 Å². The SMILES string of the molecule is COc1cccc(CN[C@@H]2CC(C)(C)Cc3c2cnn3-c2ccc(C)cc2)c1OC. The number of benzene rings is 2. The molecule has 0 aliphatic heterocycles. The summed E-state index contributed by atoms with van der Waals surface area (Å²) < 4.78 is 13.2. The third-order valence-corrected chi connectivity index (χ3v) is 5.98. The number of nitrogens with one attached hydrogen (secondary N) is 1. The molecule has 0 radical (unpaired) electrons. The van der Waals surface area contributed by atoms with Crippen LogP contribution in [0.2, 0.25) is 0 Å². The molecule has 0 saturated carbocycles. The minimum atomic E-state index is 0.186. The molecule has 1 N–H and O–H groups in total. The zero-order chi connectivity index (χ0) is 21.3. The zero-order valence-electron chi connectivity index (χ0n) is 18.5. The molecule has 1 aliphatic rings. The molecule has 158 valence electrons. The molecule has 5 heteroatoms. The van der Waals surface area contributed by atoms with Gasteiger partial charge in [0.05, 0.1) is 26.1 Å². The topological polar surface area (TPSA) is 48.3 Å². The van der Waals surface area contributed by atoms with E-state index in [1.807, 2.05) is 18.3 Å². The molecule has 1 atom stereocenters. The monoisotopic (exact) mass is 405 g/mol. The summed E-state index contributed by atoms with van der Waals surface area (Å²) in [5.74, 6) is 1.55. The smallest absolute Gasteiger partial charge is 0.165 e. The summed E-state index contributed by atoms with van der Waals surface area (Å²) in [7, 11) is 3.36. The number of para-hydroxylation sites is 1. The van der Waals surface area contributed by atoms with E-state index in [-0.39, 0.29) is 11.5 Å². The van der Waals surface area contributed by atoms with E-state index in [4.69, 9.17) is 14.6 Å².